The van der Waals surface area contributed by atoms with Crippen LogP contribution in [0.3, 0.4) is 0 Å². The third-order valence-corrected chi connectivity index (χ3v) is 5.24. The Morgan fingerprint density at radius 1 is 1.07 bits per heavy atom. The van der Waals surface area contributed by atoms with Gasteiger partial charge in [0, 0.05) is 24.2 Å². The number of ether oxygens (including phenoxy) is 1. The number of nitrogens with zero attached hydrogens (tertiary/aromatic N) is 2. The second-order valence-corrected chi connectivity index (χ2v) is 7.33. The molecule has 0 unspecified atom stereocenters. The molecule has 0 radical (unpaired) electrons. The summed E-state index contributed by atoms with van der Waals surface area (Å²) in [5.41, 5.74) is 2.50. The molecule has 1 fully saturated rings. The highest BCUT2D eigenvalue weighted by molar-refractivity contribution is 5.95. The Morgan fingerprint density at radius 2 is 1.80 bits per heavy atom. The molecule has 1 amide bonds. The van der Waals surface area contributed by atoms with Crippen molar-refractivity contribution in [1.82, 2.24) is 4.90 Å². The molecule has 0 aliphatic carbocycles. The molecule has 0 spiro atoms. The van der Waals surface area contributed by atoms with E-state index >= 15 is 0 Å². The summed E-state index contributed by atoms with van der Waals surface area (Å²) in [5, 5.41) is 0. The van der Waals surface area contributed by atoms with E-state index in [2.05, 4.69) is 11.1 Å². The van der Waals surface area contributed by atoms with Gasteiger partial charge in [0.1, 0.15) is 6.61 Å². The van der Waals surface area contributed by atoms with E-state index in [1.165, 1.54) is 17.7 Å². The maximum absolute atomic E-state index is 12.9. The Morgan fingerprint density at radius 3 is 2.43 bits per heavy atom. The first kappa shape index (κ1) is 20.2. The van der Waals surface area contributed by atoms with E-state index in [-0.39, 0.29) is 11.5 Å². The van der Waals surface area contributed by atoms with Gasteiger partial charge in [0.15, 0.2) is 0 Å². The van der Waals surface area contributed by atoms with Gasteiger partial charge in [0.2, 0.25) is 5.90 Å². The van der Waals surface area contributed by atoms with Gasteiger partial charge in [-0.2, -0.15) is 13.2 Å². The van der Waals surface area contributed by atoms with Crippen LogP contribution < -0.4 is 0 Å². The SMILES string of the molecule is O=C(c1cccc(C(F)(F)F)c1)N1CCC(=Cc2ccc(C3=NCCO3)cc2)CC1. The number of carbonyl (C=O) groups excluding carboxylic acids is 1. The molecular weight excluding hydrogens is 393 g/mol. The van der Waals surface area contributed by atoms with Gasteiger partial charge in [-0.3, -0.25) is 4.79 Å². The van der Waals surface area contributed by atoms with Crippen LogP contribution in [-0.2, 0) is 10.9 Å². The van der Waals surface area contributed by atoms with Gasteiger partial charge < -0.3 is 9.64 Å². The fraction of sp³-hybridized carbons (Fsp3) is 0.304. The van der Waals surface area contributed by atoms with Crippen LogP contribution in [0.2, 0.25) is 0 Å². The second-order valence-electron chi connectivity index (χ2n) is 7.33. The summed E-state index contributed by atoms with van der Waals surface area (Å²) >= 11 is 0. The highest BCUT2D eigenvalue weighted by Crippen LogP contribution is 2.30. The molecule has 0 aromatic heterocycles. The number of alkyl halides is 3. The van der Waals surface area contributed by atoms with Gasteiger partial charge in [0.05, 0.1) is 12.1 Å². The topological polar surface area (TPSA) is 41.9 Å². The molecule has 0 saturated carbocycles. The molecule has 0 N–H and O–H groups in total. The molecule has 30 heavy (non-hydrogen) atoms. The highest BCUT2D eigenvalue weighted by Gasteiger charge is 2.31. The Labute approximate surface area is 172 Å². The van der Waals surface area contributed by atoms with Gasteiger partial charge in [-0.05, 0) is 48.7 Å². The number of rotatable bonds is 3. The lowest BCUT2D eigenvalue weighted by atomic mass is 9.99. The molecule has 0 atom stereocenters. The van der Waals surface area contributed by atoms with E-state index in [1.807, 2.05) is 24.3 Å². The third-order valence-electron chi connectivity index (χ3n) is 5.24. The quantitative estimate of drug-likeness (QED) is 0.724. The minimum absolute atomic E-state index is 0.0740. The first-order valence-corrected chi connectivity index (χ1v) is 9.84. The van der Waals surface area contributed by atoms with Crippen molar-refractivity contribution < 1.29 is 22.7 Å². The minimum atomic E-state index is -4.46. The average molecular weight is 414 g/mol. The van der Waals surface area contributed by atoms with Crippen LogP contribution >= 0.6 is 0 Å². The molecule has 2 aromatic rings. The van der Waals surface area contributed by atoms with Crippen molar-refractivity contribution in [1.29, 1.82) is 0 Å². The lowest BCUT2D eigenvalue weighted by molar-refractivity contribution is -0.137. The fourth-order valence-electron chi connectivity index (χ4n) is 3.62. The largest absolute Gasteiger partial charge is 0.476 e. The molecule has 4 rings (SSSR count). The number of carbonyl (C=O) groups is 1. The zero-order valence-corrected chi connectivity index (χ0v) is 16.3. The van der Waals surface area contributed by atoms with Gasteiger partial charge in [0.25, 0.3) is 5.91 Å². The number of halogens is 3. The van der Waals surface area contributed by atoms with Crippen molar-refractivity contribution >= 4 is 17.9 Å². The number of benzene rings is 2. The standard InChI is InChI=1S/C23H21F3N2O2/c24-23(25,26)20-3-1-2-19(15-20)22(29)28-11-8-17(9-12-28)14-16-4-6-18(7-5-16)21-27-10-13-30-21/h1-7,14-15H,8-13H2. The van der Waals surface area contributed by atoms with Crippen molar-refractivity contribution in [2.24, 2.45) is 4.99 Å². The van der Waals surface area contributed by atoms with Gasteiger partial charge in [-0.15, -0.1) is 0 Å². The van der Waals surface area contributed by atoms with Crippen LogP contribution in [0.1, 0.15) is 39.9 Å². The number of piperidine rings is 1. The molecule has 1 saturated heterocycles. The van der Waals surface area contributed by atoms with E-state index < -0.39 is 11.7 Å². The summed E-state index contributed by atoms with van der Waals surface area (Å²) in [7, 11) is 0. The second kappa shape index (κ2) is 8.34. The number of amides is 1. The van der Waals surface area contributed by atoms with Crippen LogP contribution in [0.4, 0.5) is 13.2 Å². The number of hydrogen-bond donors (Lipinski definition) is 0. The first-order chi connectivity index (χ1) is 14.4. The lowest BCUT2D eigenvalue weighted by Crippen LogP contribution is -2.36. The summed E-state index contributed by atoms with van der Waals surface area (Å²) < 4.78 is 44.2. The van der Waals surface area contributed by atoms with Crippen LogP contribution in [0.25, 0.3) is 6.08 Å². The van der Waals surface area contributed by atoms with E-state index in [9.17, 15) is 18.0 Å². The summed E-state index contributed by atoms with van der Waals surface area (Å²) in [4.78, 5) is 18.5. The molecule has 2 aliphatic rings. The van der Waals surface area contributed by atoms with Crippen LogP contribution in [0.15, 0.2) is 59.1 Å². The molecular formula is C23H21F3N2O2. The van der Waals surface area contributed by atoms with E-state index in [1.54, 1.807) is 4.90 Å². The number of hydrogen-bond acceptors (Lipinski definition) is 3. The summed E-state index contributed by atoms with van der Waals surface area (Å²) in [5.74, 6) is 0.317. The van der Waals surface area contributed by atoms with E-state index in [0.717, 1.165) is 23.3 Å². The van der Waals surface area contributed by atoms with Crippen molar-refractivity contribution in [3.8, 4) is 0 Å². The Bertz CT molecular complexity index is 984. The van der Waals surface area contributed by atoms with Crippen LogP contribution in [0.5, 0.6) is 0 Å². The van der Waals surface area contributed by atoms with Crippen LogP contribution in [0, 0.1) is 0 Å². The van der Waals surface area contributed by atoms with E-state index in [4.69, 9.17) is 4.74 Å². The third kappa shape index (κ3) is 4.56. The van der Waals surface area contributed by atoms with Crippen LogP contribution in [-0.4, -0.2) is 42.9 Å². The smallest absolute Gasteiger partial charge is 0.416 e. The fourth-order valence-corrected chi connectivity index (χ4v) is 3.62. The van der Waals surface area contributed by atoms with Crippen molar-refractivity contribution in [2.75, 3.05) is 26.2 Å². The average Bonchev–Trinajstić information content (AvgIpc) is 3.29. The number of likely N-dealkylation sites (tertiary alicyclic amines) is 1. The molecule has 2 aliphatic heterocycles. The monoisotopic (exact) mass is 414 g/mol. The zero-order valence-electron chi connectivity index (χ0n) is 16.3. The first-order valence-electron chi connectivity index (χ1n) is 9.84. The Balaban J connectivity index is 1.38. The number of aliphatic imine (C=N–C) groups is 1. The van der Waals surface area contributed by atoms with Crippen molar-refractivity contribution in [3.63, 3.8) is 0 Å². The Hall–Kier alpha value is -3.09. The van der Waals surface area contributed by atoms with Gasteiger partial charge in [-0.1, -0.05) is 29.8 Å². The Kier molecular flexibility index (Phi) is 5.61. The molecule has 156 valence electrons. The van der Waals surface area contributed by atoms with E-state index in [0.29, 0.717) is 45.0 Å². The van der Waals surface area contributed by atoms with Gasteiger partial charge >= 0.3 is 6.18 Å². The predicted octanol–water partition coefficient (Wildman–Crippen LogP) is 4.80. The van der Waals surface area contributed by atoms with Crippen molar-refractivity contribution in [3.05, 3.63) is 76.4 Å². The highest BCUT2D eigenvalue weighted by atomic mass is 19.4. The summed E-state index contributed by atoms with van der Waals surface area (Å²) in [6, 6.07) is 12.6. The molecule has 2 aromatic carbocycles. The normalized spacial score (nSPS) is 16.8. The van der Waals surface area contributed by atoms with Gasteiger partial charge in [-0.25, -0.2) is 4.99 Å². The lowest BCUT2D eigenvalue weighted by Gasteiger charge is -2.29. The van der Waals surface area contributed by atoms with Crippen molar-refractivity contribution in [2.45, 2.75) is 19.0 Å². The molecule has 2 heterocycles. The molecule has 7 heteroatoms. The zero-order chi connectivity index (χ0) is 21.1. The summed E-state index contributed by atoms with van der Waals surface area (Å²) in [6.45, 7) is 2.29. The minimum Gasteiger partial charge on any atom is -0.476 e. The maximum atomic E-state index is 12.9. The summed E-state index contributed by atoms with van der Waals surface area (Å²) in [6.07, 6.45) is -0.960. The predicted molar refractivity (Wildman–Crippen MR) is 108 cm³/mol. The maximum Gasteiger partial charge on any atom is 0.416 e. The molecule has 4 nitrogen and oxygen atoms in total. The molecule has 0 bridgehead atoms.